The Morgan fingerprint density at radius 1 is 1.38 bits per heavy atom. The van der Waals surface area contributed by atoms with E-state index >= 15 is 0 Å². The second-order valence-corrected chi connectivity index (χ2v) is 8.37. The maximum atomic E-state index is 12.3. The molecular formula is C14H23N3O3S. The summed E-state index contributed by atoms with van der Waals surface area (Å²) >= 11 is 0. The number of amides is 1. The van der Waals surface area contributed by atoms with Crippen LogP contribution in [0, 0.1) is 12.8 Å². The monoisotopic (exact) mass is 313 g/mol. The number of hydrogen-bond acceptors (Lipinski definition) is 4. The highest BCUT2D eigenvalue weighted by atomic mass is 32.2. The van der Waals surface area contributed by atoms with E-state index in [0.29, 0.717) is 24.9 Å². The number of hydrogen-bond donors (Lipinski definition) is 2. The molecule has 0 aromatic carbocycles. The Labute approximate surface area is 125 Å². The number of nitrogens with zero attached hydrogens (tertiary/aromatic N) is 1. The molecule has 0 radical (unpaired) electrons. The molecule has 2 rings (SSSR count). The van der Waals surface area contributed by atoms with Crippen molar-refractivity contribution in [3.05, 3.63) is 17.0 Å². The molecule has 1 amide bonds. The second-order valence-electron chi connectivity index (χ2n) is 6.07. The zero-order chi connectivity index (χ0) is 15.6. The van der Waals surface area contributed by atoms with E-state index in [2.05, 4.69) is 15.5 Å². The molecule has 1 aliphatic heterocycles. The molecular weight excluding hydrogens is 290 g/mol. The van der Waals surface area contributed by atoms with Gasteiger partial charge in [-0.05, 0) is 31.6 Å². The minimum Gasteiger partial charge on any atom is -0.352 e. The zero-order valence-electron chi connectivity index (χ0n) is 12.8. The molecule has 2 heterocycles. The van der Waals surface area contributed by atoms with Gasteiger partial charge in [0.15, 0.2) is 0 Å². The van der Waals surface area contributed by atoms with E-state index in [-0.39, 0.29) is 29.2 Å². The Morgan fingerprint density at radius 2 is 2.00 bits per heavy atom. The van der Waals surface area contributed by atoms with Gasteiger partial charge in [0.2, 0.25) is 0 Å². The van der Waals surface area contributed by atoms with Crippen LogP contribution in [0.15, 0.2) is 0 Å². The fraction of sp³-hybridized carbons (Fsp3) is 0.714. The lowest BCUT2D eigenvalue weighted by atomic mass is 10.0. The predicted molar refractivity (Wildman–Crippen MR) is 81.1 cm³/mol. The molecule has 0 spiro atoms. The molecule has 0 aliphatic carbocycles. The number of carbonyl (C=O) groups is 1. The number of nitrogens with one attached hydrogen (secondary N) is 2. The molecule has 21 heavy (non-hydrogen) atoms. The minimum absolute atomic E-state index is 0.126. The van der Waals surface area contributed by atoms with Gasteiger partial charge >= 0.3 is 0 Å². The average Bonchev–Trinajstić information content (AvgIpc) is 2.79. The van der Waals surface area contributed by atoms with Gasteiger partial charge in [-0.3, -0.25) is 9.89 Å². The highest BCUT2D eigenvalue weighted by Gasteiger charge is 2.25. The van der Waals surface area contributed by atoms with Gasteiger partial charge in [-0.1, -0.05) is 13.8 Å². The van der Waals surface area contributed by atoms with Crippen molar-refractivity contribution in [3.63, 3.8) is 0 Å². The Morgan fingerprint density at radius 3 is 2.57 bits per heavy atom. The lowest BCUT2D eigenvalue weighted by Gasteiger charge is -2.22. The first-order valence-corrected chi connectivity index (χ1v) is 9.16. The molecule has 0 bridgehead atoms. The van der Waals surface area contributed by atoms with Crippen molar-refractivity contribution in [2.24, 2.45) is 5.92 Å². The lowest BCUT2D eigenvalue weighted by molar-refractivity contribution is 0.0944. The van der Waals surface area contributed by atoms with Crippen LogP contribution in [-0.2, 0) is 9.84 Å². The Balaban J connectivity index is 1.95. The van der Waals surface area contributed by atoms with E-state index < -0.39 is 9.84 Å². The van der Waals surface area contributed by atoms with Crippen LogP contribution in [0.25, 0.3) is 0 Å². The summed E-state index contributed by atoms with van der Waals surface area (Å²) in [6.45, 7) is 6.36. The van der Waals surface area contributed by atoms with Crippen molar-refractivity contribution in [2.75, 3.05) is 18.1 Å². The van der Waals surface area contributed by atoms with Gasteiger partial charge in [0, 0.05) is 12.2 Å². The molecule has 118 valence electrons. The third-order valence-electron chi connectivity index (χ3n) is 3.97. The Bertz CT molecular complexity index is 605. The largest absolute Gasteiger partial charge is 0.352 e. The third kappa shape index (κ3) is 3.84. The number of aromatic nitrogens is 2. The summed E-state index contributed by atoms with van der Waals surface area (Å²) in [7, 11) is -2.85. The van der Waals surface area contributed by atoms with Crippen LogP contribution in [0.4, 0.5) is 0 Å². The van der Waals surface area contributed by atoms with Crippen LogP contribution in [-0.4, -0.2) is 42.6 Å². The zero-order valence-corrected chi connectivity index (χ0v) is 13.6. The maximum Gasteiger partial charge on any atom is 0.255 e. The standard InChI is InChI=1S/C14H23N3O3S/c1-9(2)13-12(10(3)16-17-13)14(18)15-8-11-4-6-21(19,20)7-5-11/h9,11H,4-8H2,1-3H3,(H,15,18)(H,16,17). The quantitative estimate of drug-likeness (QED) is 0.879. The first kappa shape index (κ1) is 16.0. The van der Waals surface area contributed by atoms with Gasteiger partial charge in [-0.15, -0.1) is 0 Å². The SMILES string of the molecule is Cc1[nH]nc(C(C)C)c1C(=O)NCC1CCS(=O)(=O)CC1. The van der Waals surface area contributed by atoms with E-state index in [1.54, 1.807) is 0 Å². The number of sulfone groups is 1. The van der Waals surface area contributed by atoms with E-state index in [4.69, 9.17) is 0 Å². The van der Waals surface area contributed by atoms with Crippen LogP contribution in [0.1, 0.15) is 54.4 Å². The van der Waals surface area contributed by atoms with Crippen LogP contribution >= 0.6 is 0 Å². The average molecular weight is 313 g/mol. The van der Waals surface area contributed by atoms with Crippen molar-refractivity contribution in [1.82, 2.24) is 15.5 Å². The summed E-state index contributed by atoms with van der Waals surface area (Å²) < 4.78 is 22.8. The molecule has 6 nitrogen and oxygen atoms in total. The highest BCUT2D eigenvalue weighted by Crippen LogP contribution is 2.21. The normalized spacial score (nSPS) is 18.9. The summed E-state index contributed by atoms with van der Waals surface area (Å²) in [6, 6.07) is 0. The summed E-state index contributed by atoms with van der Waals surface area (Å²) in [5.74, 6) is 0.756. The van der Waals surface area contributed by atoms with E-state index in [1.807, 2.05) is 20.8 Å². The van der Waals surface area contributed by atoms with Gasteiger partial charge in [0.25, 0.3) is 5.91 Å². The van der Waals surface area contributed by atoms with E-state index in [9.17, 15) is 13.2 Å². The maximum absolute atomic E-state index is 12.3. The van der Waals surface area contributed by atoms with Gasteiger partial charge in [-0.2, -0.15) is 5.10 Å². The van der Waals surface area contributed by atoms with Crippen molar-refractivity contribution < 1.29 is 13.2 Å². The smallest absolute Gasteiger partial charge is 0.255 e. The molecule has 1 saturated heterocycles. The van der Waals surface area contributed by atoms with Gasteiger partial charge < -0.3 is 5.32 Å². The van der Waals surface area contributed by atoms with Crippen LogP contribution < -0.4 is 5.32 Å². The highest BCUT2D eigenvalue weighted by molar-refractivity contribution is 7.91. The summed E-state index contributed by atoms with van der Waals surface area (Å²) in [5, 5.41) is 9.97. The Hall–Kier alpha value is -1.37. The molecule has 1 aromatic rings. The molecule has 2 N–H and O–H groups in total. The van der Waals surface area contributed by atoms with Gasteiger partial charge in [-0.25, -0.2) is 8.42 Å². The van der Waals surface area contributed by atoms with E-state index in [0.717, 1.165) is 11.4 Å². The molecule has 0 atom stereocenters. The first-order chi connectivity index (χ1) is 9.80. The molecule has 7 heteroatoms. The lowest BCUT2D eigenvalue weighted by Crippen LogP contribution is -2.34. The van der Waals surface area contributed by atoms with Crippen LogP contribution in [0.5, 0.6) is 0 Å². The van der Waals surface area contributed by atoms with Crippen molar-refractivity contribution in [2.45, 2.75) is 39.5 Å². The summed E-state index contributed by atoms with van der Waals surface area (Å²) in [6.07, 6.45) is 1.26. The summed E-state index contributed by atoms with van der Waals surface area (Å²) in [4.78, 5) is 12.3. The number of carbonyl (C=O) groups excluding carboxylic acids is 1. The molecule has 1 aromatic heterocycles. The molecule has 1 fully saturated rings. The number of H-pyrrole nitrogens is 1. The Kier molecular flexibility index (Phi) is 4.70. The second kappa shape index (κ2) is 6.17. The molecule has 0 saturated carbocycles. The third-order valence-corrected chi connectivity index (χ3v) is 5.69. The van der Waals surface area contributed by atoms with Crippen molar-refractivity contribution in [3.8, 4) is 0 Å². The number of rotatable bonds is 4. The molecule has 1 aliphatic rings. The number of aromatic amines is 1. The van der Waals surface area contributed by atoms with Crippen LogP contribution in [0.2, 0.25) is 0 Å². The fourth-order valence-electron chi connectivity index (χ4n) is 2.62. The topological polar surface area (TPSA) is 91.9 Å². The van der Waals surface area contributed by atoms with E-state index in [1.165, 1.54) is 0 Å². The molecule has 0 unspecified atom stereocenters. The number of aryl methyl sites for hydroxylation is 1. The minimum atomic E-state index is -2.85. The van der Waals surface area contributed by atoms with Gasteiger partial charge in [0.1, 0.15) is 9.84 Å². The summed E-state index contributed by atoms with van der Waals surface area (Å²) in [5.41, 5.74) is 2.16. The van der Waals surface area contributed by atoms with Crippen LogP contribution in [0.3, 0.4) is 0 Å². The van der Waals surface area contributed by atoms with Crippen molar-refractivity contribution in [1.29, 1.82) is 0 Å². The fourth-order valence-corrected chi connectivity index (χ4v) is 4.21. The van der Waals surface area contributed by atoms with Gasteiger partial charge in [0.05, 0.1) is 22.8 Å². The predicted octanol–water partition coefficient (Wildman–Crippen LogP) is 1.40. The first-order valence-electron chi connectivity index (χ1n) is 7.33. The van der Waals surface area contributed by atoms with Crippen molar-refractivity contribution >= 4 is 15.7 Å².